The molecule has 2 bridgehead atoms. The highest BCUT2D eigenvalue weighted by Gasteiger charge is 2.39. The van der Waals surface area contributed by atoms with Gasteiger partial charge in [-0.2, -0.15) is 0 Å². The summed E-state index contributed by atoms with van der Waals surface area (Å²) in [6, 6.07) is 15.8. The summed E-state index contributed by atoms with van der Waals surface area (Å²) in [6.07, 6.45) is 6.44. The number of pyridine rings is 2. The van der Waals surface area contributed by atoms with Gasteiger partial charge in [-0.15, -0.1) is 0 Å². The number of rotatable bonds is 3. The fraction of sp³-hybridized carbons (Fsp3) is 0.364. The molecule has 2 unspecified atom stereocenters. The predicted octanol–water partition coefficient (Wildman–Crippen LogP) is 4.19. The minimum atomic E-state index is 0.512. The molecule has 6 rings (SSSR count). The first-order valence-electron chi connectivity index (χ1n) is 9.60. The topological polar surface area (TPSA) is 41.1 Å². The van der Waals surface area contributed by atoms with Crippen LogP contribution in [0.3, 0.4) is 0 Å². The lowest BCUT2D eigenvalue weighted by molar-refractivity contribution is 0.0457. The largest absolute Gasteiger partial charge is 0.365 e. The molecule has 4 heteroatoms. The van der Waals surface area contributed by atoms with Crippen LogP contribution in [0.2, 0.25) is 0 Å². The average Bonchev–Trinajstić information content (AvgIpc) is 2.71. The van der Waals surface area contributed by atoms with Crippen LogP contribution in [-0.4, -0.2) is 40.0 Å². The van der Waals surface area contributed by atoms with Crippen LogP contribution in [0.5, 0.6) is 0 Å². The number of nitrogens with one attached hydrogen (secondary N) is 1. The van der Waals surface area contributed by atoms with Gasteiger partial charge in [0.25, 0.3) is 0 Å². The standard InChI is InChI=1S/C22H24N4/c1-15-22(16-9-12-26(15)13-10-16)25-21-8-7-17(14-24-21)18-4-2-6-20-19(18)5-3-11-23-20/h2-8,11,14-16,22H,9-10,12-13H2,1H3,(H,24,25). The van der Waals surface area contributed by atoms with Gasteiger partial charge in [-0.3, -0.25) is 9.88 Å². The molecule has 2 atom stereocenters. The van der Waals surface area contributed by atoms with Crippen LogP contribution in [0.1, 0.15) is 19.8 Å². The van der Waals surface area contributed by atoms with Crippen molar-refractivity contribution in [2.24, 2.45) is 5.92 Å². The van der Waals surface area contributed by atoms with Gasteiger partial charge in [0, 0.05) is 35.4 Å². The molecule has 0 radical (unpaired) electrons. The SMILES string of the molecule is CC1C(Nc2ccc(-c3cccc4ncccc34)cn2)C2CCN1CC2. The average molecular weight is 344 g/mol. The molecule has 26 heavy (non-hydrogen) atoms. The Labute approximate surface area is 154 Å². The summed E-state index contributed by atoms with van der Waals surface area (Å²) >= 11 is 0. The number of fused-ring (bicyclic) bond motifs is 4. The quantitative estimate of drug-likeness (QED) is 0.773. The van der Waals surface area contributed by atoms with E-state index in [0.29, 0.717) is 12.1 Å². The monoisotopic (exact) mass is 344 g/mol. The van der Waals surface area contributed by atoms with E-state index in [1.54, 1.807) is 0 Å². The van der Waals surface area contributed by atoms with Gasteiger partial charge in [-0.25, -0.2) is 4.98 Å². The summed E-state index contributed by atoms with van der Waals surface area (Å²) < 4.78 is 0. The third-order valence-corrected chi connectivity index (χ3v) is 6.21. The van der Waals surface area contributed by atoms with Gasteiger partial charge in [0.05, 0.1) is 5.52 Å². The van der Waals surface area contributed by atoms with Crippen LogP contribution in [0.4, 0.5) is 5.82 Å². The zero-order valence-corrected chi connectivity index (χ0v) is 15.1. The van der Waals surface area contributed by atoms with Crippen molar-refractivity contribution in [3.8, 4) is 11.1 Å². The Morgan fingerprint density at radius 1 is 1.00 bits per heavy atom. The van der Waals surface area contributed by atoms with E-state index in [1.165, 1.54) is 36.9 Å². The Balaban J connectivity index is 1.41. The summed E-state index contributed by atoms with van der Waals surface area (Å²) in [5.41, 5.74) is 3.34. The van der Waals surface area contributed by atoms with E-state index in [-0.39, 0.29) is 0 Å². The van der Waals surface area contributed by atoms with Gasteiger partial charge in [0.2, 0.25) is 0 Å². The Hall–Kier alpha value is -2.46. The van der Waals surface area contributed by atoms with Crippen molar-refractivity contribution >= 4 is 16.7 Å². The zero-order chi connectivity index (χ0) is 17.5. The van der Waals surface area contributed by atoms with Crippen molar-refractivity contribution in [1.82, 2.24) is 14.9 Å². The number of nitrogens with zero attached hydrogens (tertiary/aromatic N) is 3. The van der Waals surface area contributed by atoms with Gasteiger partial charge in [-0.1, -0.05) is 18.2 Å². The highest BCUT2D eigenvalue weighted by atomic mass is 15.2. The van der Waals surface area contributed by atoms with Crippen molar-refractivity contribution in [3.63, 3.8) is 0 Å². The summed E-state index contributed by atoms with van der Waals surface area (Å²) in [6.45, 7) is 4.86. The molecule has 1 N–H and O–H groups in total. The maximum absolute atomic E-state index is 4.72. The second kappa shape index (κ2) is 6.36. The summed E-state index contributed by atoms with van der Waals surface area (Å²) in [5.74, 6) is 1.76. The Morgan fingerprint density at radius 3 is 2.65 bits per heavy atom. The number of hydrogen-bond acceptors (Lipinski definition) is 4. The molecule has 3 aliphatic rings. The van der Waals surface area contributed by atoms with Gasteiger partial charge >= 0.3 is 0 Å². The maximum Gasteiger partial charge on any atom is 0.126 e. The van der Waals surface area contributed by atoms with Crippen molar-refractivity contribution in [2.45, 2.75) is 31.8 Å². The van der Waals surface area contributed by atoms with Gasteiger partial charge in [0.1, 0.15) is 5.82 Å². The molecule has 0 saturated carbocycles. The third-order valence-electron chi connectivity index (χ3n) is 6.21. The van der Waals surface area contributed by atoms with Crippen LogP contribution in [-0.2, 0) is 0 Å². The van der Waals surface area contributed by atoms with Crippen molar-refractivity contribution in [2.75, 3.05) is 18.4 Å². The minimum Gasteiger partial charge on any atom is -0.365 e. The van der Waals surface area contributed by atoms with Crippen LogP contribution < -0.4 is 5.32 Å². The van der Waals surface area contributed by atoms with E-state index in [1.807, 2.05) is 18.5 Å². The Kier molecular flexibility index (Phi) is 3.86. The molecule has 132 valence electrons. The van der Waals surface area contributed by atoms with Crippen LogP contribution in [0.25, 0.3) is 22.0 Å². The van der Waals surface area contributed by atoms with Crippen LogP contribution in [0.15, 0.2) is 54.9 Å². The third kappa shape index (κ3) is 2.65. The van der Waals surface area contributed by atoms with E-state index in [4.69, 9.17) is 4.98 Å². The summed E-state index contributed by atoms with van der Waals surface area (Å²) in [4.78, 5) is 11.8. The maximum atomic E-state index is 4.72. The summed E-state index contributed by atoms with van der Waals surface area (Å²) in [5, 5.41) is 4.88. The highest BCUT2D eigenvalue weighted by molar-refractivity contribution is 5.94. The Bertz CT molecular complexity index is 906. The van der Waals surface area contributed by atoms with Crippen molar-refractivity contribution in [1.29, 1.82) is 0 Å². The fourth-order valence-corrected chi connectivity index (χ4v) is 4.71. The summed E-state index contributed by atoms with van der Waals surface area (Å²) in [7, 11) is 0. The van der Waals surface area contributed by atoms with Gasteiger partial charge in [0.15, 0.2) is 0 Å². The molecule has 4 nitrogen and oxygen atoms in total. The Morgan fingerprint density at radius 2 is 1.88 bits per heavy atom. The number of aromatic nitrogens is 2. The molecular weight excluding hydrogens is 320 g/mol. The molecule has 3 aromatic rings. The molecule has 5 heterocycles. The predicted molar refractivity (Wildman–Crippen MR) is 106 cm³/mol. The second-order valence-corrected chi connectivity index (χ2v) is 7.59. The highest BCUT2D eigenvalue weighted by Crippen LogP contribution is 2.34. The molecule has 0 amide bonds. The first-order chi connectivity index (χ1) is 12.8. The number of benzene rings is 1. The molecule has 3 aliphatic heterocycles. The molecule has 2 aromatic heterocycles. The molecular formula is C22H24N4. The lowest BCUT2D eigenvalue weighted by Gasteiger charge is -2.50. The van der Waals surface area contributed by atoms with E-state index in [9.17, 15) is 0 Å². The molecule has 3 fully saturated rings. The zero-order valence-electron chi connectivity index (χ0n) is 15.1. The fourth-order valence-electron chi connectivity index (χ4n) is 4.71. The molecule has 0 aliphatic carbocycles. The number of hydrogen-bond donors (Lipinski definition) is 1. The molecule has 3 saturated heterocycles. The molecule has 1 aromatic carbocycles. The second-order valence-electron chi connectivity index (χ2n) is 7.59. The number of anilines is 1. The smallest absolute Gasteiger partial charge is 0.126 e. The first kappa shape index (κ1) is 15.8. The van der Waals surface area contributed by atoms with E-state index < -0.39 is 0 Å². The van der Waals surface area contributed by atoms with Crippen molar-refractivity contribution in [3.05, 3.63) is 54.9 Å². The lowest BCUT2D eigenvalue weighted by Crippen LogP contribution is -2.59. The van der Waals surface area contributed by atoms with E-state index in [2.05, 4.69) is 58.5 Å². The van der Waals surface area contributed by atoms with Gasteiger partial charge in [-0.05, 0) is 68.6 Å². The van der Waals surface area contributed by atoms with E-state index >= 15 is 0 Å². The minimum absolute atomic E-state index is 0.512. The molecule has 0 spiro atoms. The lowest BCUT2D eigenvalue weighted by atomic mass is 9.79. The van der Waals surface area contributed by atoms with Crippen LogP contribution in [0, 0.1) is 5.92 Å². The van der Waals surface area contributed by atoms with Gasteiger partial charge < -0.3 is 5.32 Å². The normalized spacial score (nSPS) is 27.6. The van der Waals surface area contributed by atoms with E-state index in [0.717, 1.165) is 22.8 Å². The van der Waals surface area contributed by atoms with Crippen LogP contribution >= 0.6 is 0 Å². The number of piperidine rings is 3. The first-order valence-corrected chi connectivity index (χ1v) is 9.60. The van der Waals surface area contributed by atoms with Crippen molar-refractivity contribution < 1.29 is 0 Å².